The quantitative estimate of drug-likeness (QED) is 0.409. The molecule has 1 aliphatic carbocycles. The Balaban J connectivity index is 1.28. The molecular formula is C29H36F5N5O. The van der Waals surface area contributed by atoms with Gasteiger partial charge in [0.1, 0.15) is 0 Å². The highest BCUT2D eigenvalue weighted by atomic mass is 19.4. The van der Waals surface area contributed by atoms with E-state index in [1.165, 1.54) is 35.6 Å². The highest BCUT2D eigenvalue weighted by Crippen LogP contribution is 2.34. The highest BCUT2D eigenvalue weighted by Gasteiger charge is 2.36. The molecule has 1 amide bonds. The van der Waals surface area contributed by atoms with E-state index in [9.17, 15) is 26.7 Å². The van der Waals surface area contributed by atoms with Crippen molar-refractivity contribution in [3.8, 4) is 0 Å². The summed E-state index contributed by atoms with van der Waals surface area (Å²) in [6, 6.07) is 8.17. The van der Waals surface area contributed by atoms with Crippen molar-refractivity contribution in [1.29, 1.82) is 0 Å². The van der Waals surface area contributed by atoms with Gasteiger partial charge in [0.2, 0.25) is 5.91 Å². The van der Waals surface area contributed by atoms with Gasteiger partial charge in [0.05, 0.1) is 24.3 Å². The molecule has 1 aromatic heterocycles. The molecule has 6 nitrogen and oxygen atoms in total. The summed E-state index contributed by atoms with van der Waals surface area (Å²) in [5, 5.41) is 3.25. The van der Waals surface area contributed by atoms with E-state index >= 15 is 0 Å². The number of carbonyl (C=O) groups is 1. The van der Waals surface area contributed by atoms with Crippen molar-refractivity contribution in [3.05, 3.63) is 58.9 Å². The summed E-state index contributed by atoms with van der Waals surface area (Å²) < 4.78 is 68.2. The van der Waals surface area contributed by atoms with E-state index in [1.807, 2.05) is 17.0 Å². The number of hydrogen-bond acceptors (Lipinski definition) is 5. The molecule has 0 bridgehead atoms. The minimum Gasteiger partial charge on any atom is -0.376 e. The van der Waals surface area contributed by atoms with Gasteiger partial charge in [-0.05, 0) is 54.5 Å². The third kappa shape index (κ3) is 7.48. The number of piperidine rings is 1. The van der Waals surface area contributed by atoms with Crippen molar-refractivity contribution in [2.75, 3.05) is 51.1 Å². The van der Waals surface area contributed by atoms with E-state index in [4.69, 9.17) is 0 Å². The summed E-state index contributed by atoms with van der Waals surface area (Å²) in [7, 11) is 0. The van der Waals surface area contributed by atoms with E-state index in [0.29, 0.717) is 6.54 Å². The normalized spacial score (nSPS) is 19.7. The van der Waals surface area contributed by atoms with Gasteiger partial charge in [-0.1, -0.05) is 12.1 Å². The fourth-order valence-corrected chi connectivity index (χ4v) is 5.57. The number of hydrogen-bond donors (Lipinski definition) is 1. The molecule has 3 aliphatic rings. The minimum atomic E-state index is -4.61. The highest BCUT2D eigenvalue weighted by molar-refractivity contribution is 5.81. The van der Waals surface area contributed by atoms with Crippen molar-refractivity contribution in [1.82, 2.24) is 19.7 Å². The van der Waals surface area contributed by atoms with Crippen molar-refractivity contribution in [2.45, 2.75) is 57.3 Å². The number of anilines is 1. The fourth-order valence-electron chi connectivity index (χ4n) is 5.57. The van der Waals surface area contributed by atoms with Gasteiger partial charge in [-0.25, -0.2) is 8.78 Å². The molecule has 3 heterocycles. The lowest BCUT2D eigenvalue weighted by Crippen LogP contribution is -2.45. The van der Waals surface area contributed by atoms with Gasteiger partial charge in [0.15, 0.2) is 0 Å². The topological polar surface area (TPSA) is 51.7 Å². The molecule has 1 N–H and O–H groups in total. The Morgan fingerprint density at radius 1 is 1.07 bits per heavy atom. The van der Waals surface area contributed by atoms with Gasteiger partial charge >= 0.3 is 6.18 Å². The Morgan fingerprint density at radius 2 is 1.85 bits per heavy atom. The third-order valence-electron chi connectivity index (χ3n) is 8.16. The number of nitrogens with one attached hydrogen (secondary N) is 1. The standard InChI is InChI=1S/C29H36F5N5O/c30-28(31)9-13-37(14-10-28)15-16-39(20-26-24(29(32,33)34)4-2-11-35-26)27(40)17-36-25-5-1-3-22-8-12-38(19-23(22)25)18-21-6-7-21/h1-5,11,21,36H,6-10,12-20H2. The lowest BCUT2D eigenvalue weighted by Gasteiger charge is -2.33. The summed E-state index contributed by atoms with van der Waals surface area (Å²) in [5.41, 5.74) is 2.14. The van der Waals surface area contributed by atoms with Crippen molar-refractivity contribution >= 4 is 11.6 Å². The SMILES string of the molecule is O=C(CNc1cccc2c1CN(CC1CC1)CC2)N(CCN1CCC(F)(F)CC1)Cc1ncccc1C(F)(F)F. The Bertz CT molecular complexity index is 1180. The Hall–Kier alpha value is -2.79. The molecule has 0 atom stereocenters. The predicted octanol–water partition coefficient (Wildman–Crippen LogP) is 5.04. The zero-order valence-corrected chi connectivity index (χ0v) is 22.5. The summed E-state index contributed by atoms with van der Waals surface area (Å²) in [4.78, 5) is 23.0. The lowest BCUT2D eigenvalue weighted by atomic mass is 9.97. The summed E-state index contributed by atoms with van der Waals surface area (Å²) in [5.74, 6) is -2.30. The average Bonchev–Trinajstić information content (AvgIpc) is 3.74. The molecule has 1 saturated carbocycles. The van der Waals surface area contributed by atoms with Crippen LogP contribution in [-0.2, 0) is 30.5 Å². The Kier molecular flexibility index (Phi) is 8.61. The van der Waals surface area contributed by atoms with E-state index in [-0.39, 0.29) is 57.2 Å². The maximum Gasteiger partial charge on any atom is 0.418 e. The number of rotatable bonds is 10. The number of likely N-dealkylation sites (tertiary alicyclic amines) is 1. The number of pyridine rings is 1. The van der Waals surface area contributed by atoms with Crippen molar-refractivity contribution in [2.24, 2.45) is 5.92 Å². The van der Waals surface area contributed by atoms with Crippen LogP contribution in [-0.4, -0.2) is 77.3 Å². The van der Waals surface area contributed by atoms with E-state index < -0.39 is 17.7 Å². The number of benzene rings is 1. The molecule has 2 aliphatic heterocycles. The fraction of sp³-hybridized carbons (Fsp3) is 0.586. The second-order valence-electron chi connectivity index (χ2n) is 11.2. The second kappa shape index (κ2) is 12.0. The maximum atomic E-state index is 13.7. The van der Waals surface area contributed by atoms with Crippen LogP contribution in [0.15, 0.2) is 36.5 Å². The Morgan fingerprint density at radius 3 is 2.58 bits per heavy atom. The van der Waals surface area contributed by atoms with Crippen molar-refractivity contribution < 1.29 is 26.7 Å². The van der Waals surface area contributed by atoms with Gasteiger partial charge in [-0.15, -0.1) is 0 Å². The zero-order chi connectivity index (χ0) is 28.3. The van der Waals surface area contributed by atoms with Crippen LogP contribution in [0.1, 0.15) is 48.1 Å². The van der Waals surface area contributed by atoms with Crippen LogP contribution in [0.5, 0.6) is 0 Å². The first-order valence-electron chi connectivity index (χ1n) is 14.0. The predicted molar refractivity (Wildman–Crippen MR) is 142 cm³/mol. The smallest absolute Gasteiger partial charge is 0.376 e. The lowest BCUT2D eigenvalue weighted by molar-refractivity contribution is -0.140. The van der Waals surface area contributed by atoms with E-state index in [2.05, 4.69) is 21.3 Å². The molecule has 2 aromatic rings. The molecule has 218 valence electrons. The maximum absolute atomic E-state index is 13.7. The molecule has 1 saturated heterocycles. The third-order valence-corrected chi connectivity index (χ3v) is 8.16. The number of fused-ring (bicyclic) bond motifs is 1. The van der Waals surface area contributed by atoms with Crippen LogP contribution in [0.4, 0.5) is 27.6 Å². The number of carbonyl (C=O) groups excluding carboxylic acids is 1. The second-order valence-corrected chi connectivity index (χ2v) is 11.2. The van der Waals surface area contributed by atoms with Gasteiger partial charge in [0, 0.05) is 70.5 Å². The van der Waals surface area contributed by atoms with Crippen LogP contribution in [0, 0.1) is 5.92 Å². The molecular weight excluding hydrogens is 529 g/mol. The van der Waals surface area contributed by atoms with Gasteiger partial charge in [0.25, 0.3) is 5.92 Å². The molecule has 0 unspecified atom stereocenters. The van der Waals surface area contributed by atoms with Crippen LogP contribution in [0.2, 0.25) is 0 Å². The molecule has 5 rings (SSSR count). The van der Waals surface area contributed by atoms with Gasteiger partial charge in [-0.3, -0.25) is 14.7 Å². The number of nitrogens with zero attached hydrogens (tertiary/aromatic N) is 4. The number of alkyl halides is 5. The summed E-state index contributed by atoms with van der Waals surface area (Å²) in [6.45, 7) is 3.25. The van der Waals surface area contributed by atoms with E-state index in [1.54, 1.807) is 0 Å². The van der Waals surface area contributed by atoms with Crippen LogP contribution in [0.25, 0.3) is 0 Å². The summed E-state index contributed by atoms with van der Waals surface area (Å²) in [6.07, 6.45) is -0.367. The molecule has 40 heavy (non-hydrogen) atoms. The molecule has 2 fully saturated rings. The number of aromatic nitrogens is 1. The van der Waals surface area contributed by atoms with Gasteiger partial charge < -0.3 is 15.1 Å². The monoisotopic (exact) mass is 565 g/mol. The first kappa shape index (κ1) is 28.7. The van der Waals surface area contributed by atoms with E-state index in [0.717, 1.165) is 49.3 Å². The number of halogens is 5. The Labute approximate surface area is 231 Å². The molecule has 1 aromatic carbocycles. The van der Waals surface area contributed by atoms with Crippen LogP contribution in [0.3, 0.4) is 0 Å². The van der Waals surface area contributed by atoms with Crippen LogP contribution >= 0.6 is 0 Å². The zero-order valence-electron chi connectivity index (χ0n) is 22.5. The van der Waals surface area contributed by atoms with Crippen LogP contribution < -0.4 is 5.32 Å². The summed E-state index contributed by atoms with van der Waals surface area (Å²) >= 11 is 0. The number of amides is 1. The van der Waals surface area contributed by atoms with Gasteiger partial charge in [-0.2, -0.15) is 13.2 Å². The first-order chi connectivity index (χ1) is 19.1. The van der Waals surface area contributed by atoms with Crippen molar-refractivity contribution in [3.63, 3.8) is 0 Å². The largest absolute Gasteiger partial charge is 0.418 e. The molecule has 0 spiro atoms. The first-order valence-corrected chi connectivity index (χ1v) is 14.0. The average molecular weight is 566 g/mol. The minimum absolute atomic E-state index is 0.0919. The molecule has 11 heteroatoms. The molecule has 0 radical (unpaired) electrons.